The van der Waals surface area contributed by atoms with E-state index < -0.39 is 0 Å². The van der Waals surface area contributed by atoms with Gasteiger partial charge in [0.25, 0.3) is 0 Å². The fourth-order valence-corrected chi connectivity index (χ4v) is 4.41. The quantitative estimate of drug-likeness (QED) is 0.457. The summed E-state index contributed by atoms with van der Waals surface area (Å²) < 4.78 is 0. The Morgan fingerprint density at radius 1 is 1.09 bits per heavy atom. The molecule has 32 heavy (non-hydrogen) atoms. The minimum absolute atomic E-state index is 0.0762. The smallest absolute Gasteiger partial charge is 0.221 e. The molecule has 0 saturated heterocycles. The lowest BCUT2D eigenvalue weighted by Gasteiger charge is -2.20. The maximum absolute atomic E-state index is 11.6. The van der Waals surface area contributed by atoms with Crippen LogP contribution in [0.4, 0.5) is 23.1 Å². The number of carbonyl (C=O) groups excluding carboxylic acids is 1. The number of nitrogens with one attached hydrogen (secondary N) is 1. The average Bonchev–Trinajstić information content (AvgIpc) is 3.17. The summed E-state index contributed by atoms with van der Waals surface area (Å²) in [5.41, 5.74) is 18.1. The third-order valence-electron chi connectivity index (χ3n) is 5.89. The van der Waals surface area contributed by atoms with Crippen LogP contribution >= 0.6 is 0 Å². The van der Waals surface area contributed by atoms with Gasteiger partial charge in [0.2, 0.25) is 11.9 Å². The number of amides is 1. The highest BCUT2D eigenvalue weighted by atomic mass is 16.1. The summed E-state index contributed by atoms with van der Waals surface area (Å²) in [5.74, 6) is 0.537. The Morgan fingerprint density at radius 3 is 2.69 bits per heavy atom. The summed E-state index contributed by atoms with van der Waals surface area (Å²) >= 11 is 0. The molecule has 1 amide bonds. The van der Waals surface area contributed by atoms with Gasteiger partial charge in [0.15, 0.2) is 0 Å². The van der Waals surface area contributed by atoms with Crippen LogP contribution in [0.2, 0.25) is 0 Å². The number of anilines is 4. The molecule has 1 aliphatic heterocycles. The van der Waals surface area contributed by atoms with Gasteiger partial charge in [0.1, 0.15) is 5.82 Å². The highest BCUT2D eigenvalue weighted by Crippen LogP contribution is 2.37. The van der Waals surface area contributed by atoms with E-state index in [9.17, 15) is 4.79 Å². The van der Waals surface area contributed by atoms with E-state index in [2.05, 4.69) is 50.5 Å². The van der Waals surface area contributed by atoms with Gasteiger partial charge in [0.05, 0.1) is 0 Å². The predicted molar refractivity (Wildman–Crippen MR) is 129 cm³/mol. The van der Waals surface area contributed by atoms with Crippen molar-refractivity contribution in [1.29, 1.82) is 0 Å². The fourth-order valence-electron chi connectivity index (χ4n) is 4.41. The summed E-state index contributed by atoms with van der Waals surface area (Å²) in [4.78, 5) is 22.0. The number of nitrogens with two attached hydrogens (primary N) is 2. The molecule has 2 heterocycles. The van der Waals surface area contributed by atoms with Crippen molar-refractivity contribution in [3.63, 3.8) is 0 Å². The van der Waals surface area contributed by atoms with Crippen LogP contribution in [-0.4, -0.2) is 22.4 Å². The van der Waals surface area contributed by atoms with Crippen LogP contribution in [0.3, 0.4) is 0 Å². The molecule has 160 valence electrons. The first-order chi connectivity index (χ1) is 15.5. The topological polar surface area (TPSA) is 110 Å². The molecule has 4 aromatic rings. The molecule has 0 spiro atoms. The lowest BCUT2D eigenvalue weighted by Crippen LogP contribution is -2.21. The van der Waals surface area contributed by atoms with Crippen LogP contribution in [-0.2, 0) is 17.8 Å². The van der Waals surface area contributed by atoms with Gasteiger partial charge in [-0.3, -0.25) is 4.79 Å². The molecule has 0 bridgehead atoms. The molecule has 0 fully saturated rings. The Bertz CT molecular complexity index is 1350. The van der Waals surface area contributed by atoms with E-state index in [0.29, 0.717) is 12.4 Å². The van der Waals surface area contributed by atoms with Crippen LogP contribution in [0.15, 0.2) is 60.8 Å². The second-order valence-corrected chi connectivity index (χ2v) is 8.04. The number of carbonyl (C=O) groups is 1. The van der Waals surface area contributed by atoms with Crippen molar-refractivity contribution in [2.45, 2.75) is 19.9 Å². The van der Waals surface area contributed by atoms with Crippen LogP contribution in [0.5, 0.6) is 0 Å². The number of nitrogen functional groups attached to an aromatic ring is 2. The first-order valence-corrected chi connectivity index (χ1v) is 10.5. The van der Waals surface area contributed by atoms with Crippen molar-refractivity contribution in [3.05, 3.63) is 71.9 Å². The second-order valence-electron chi connectivity index (χ2n) is 8.04. The highest BCUT2D eigenvalue weighted by molar-refractivity contribution is 6.07. The Kier molecular flexibility index (Phi) is 4.86. The Balaban J connectivity index is 1.49. The lowest BCUT2D eigenvalue weighted by molar-refractivity contribution is -0.114. The summed E-state index contributed by atoms with van der Waals surface area (Å²) in [6, 6.07) is 18.8. The Hall–Kier alpha value is -4.13. The lowest BCUT2D eigenvalue weighted by atomic mass is 9.95. The largest absolute Gasteiger partial charge is 0.383 e. The van der Waals surface area contributed by atoms with Crippen molar-refractivity contribution in [1.82, 2.24) is 9.97 Å². The van der Waals surface area contributed by atoms with Crippen molar-refractivity contribution < 1.29 is 4.79 Å². The molecule has 7 heteroatoms. The third kappa shape index (κ3) is 3.58. The number of hydrogen-bond donors (Lipinski definition) is 3. The number of rotatable bonds is 4. The van der Waals surface area contributed by atoms with E-state index in [0.717, 1.165) is 46.1 Å². The zero-order valence-corrected chi connectivity index (χ0v) is 17.8. The van der Waals surface area contributed by atoms with Crippen molar-refractivity contribution >= 4 is 39.8 Å². The monoisotopic (exact) mass is 424 g/mol. The number of aromatic nitrogens is 2. The van der Waals surface area contributed by atoms with Crippen LogP contribution in [0, 0.1) is 0 Å². The summed E-state index contributed by atoms with van der Waals surface area (Å²) in [5, 5.41) is 5.07. The molecule has 1 aromatic heterocycles. The molecule has 1 aliphatic rings. The van der Waals surface area contributed by atoms with Gasteiger partial charge in [-0.05, 0) is 46.7 Å². The average molecular weight is 425 g/mol. The van der Waals surface area contributed by atoms with E-state index in [4.69, 9.17) is 11.5 Å². The zero-order chi connectivity index (χ0) is 22.2. The first kappa shape index (κ1) is 19.8. The molecule has 0 radical (unpaired) electrons. The number of fused-ring (bicyclic) bond motifs is 2. The highest BCUT2D eigenvalue weighted by Gasteiger charge is 2.21. The Morgan fingerprint density at radius 2 is 1.91 bits per heavy atom. The van der Waals surface area contributed by atoms with E-state index in [1.807, 2.05) is 24.3 Å². The number of hydrogen-bond acceptors (Lipinski definition) is 6. The SMILES string of the molecule is CC(=O)Nc1ccc(-c2ccc3c(c2)CCN3Cc2cnc(N)nc2N)c2ccccc12. The van der Waals surface area contributed by atoms with Gasteiger partial charge in [0, 0.05) is 48.5 Å². The minimum atomic E-state index is -0.0762. The standard InChI is InChI=1S/C25H24N6O/c1-15(32)29-22-8-7-19(20-4-2-3-5-21(20)22)16-6-9-23-17(12-16)10-11-31(23)14-18-13-28-25(27)30-24(18)26/h2-9,12-13H,10-11,14H2,1H3,(H,29,32)(H4,26,27,28,30). The van der Waals surface area contributed by atoms with E-state index >= 15 is 0 Å². The van der Waals surface area contributed by atoms with Gasteiger partial charge in [-0.25, -0.2) is 4.98 Å². The number of nitrogens with zero attached hydrogens (tertiary/aromatic N) is 3. The molecule has 0 unspecified atom stereocenters. The van der Waals surface area contributed by atoms with E-state index in [-0.39, 0.29) is 11.9 Å². The second kappa shape index (κ2) is 7.85. The third-order valence-corrected chi connectivity index (χ3v) is 5.89. The predicted octanol–water partition coefficient (Wildman–Crippen LogP) is 3.98. The molecule has 3 aromatic carbocycles. The molecule has 5 rings (SSSR count). The van der Waals surface area contributed by atoms with E-state index in [1.54, 1.807) is 6.20 Å². The van der Waals surface area contributed by atoms with Crippen LogP contribution < -0.4 is 21.7 Å². The van der Waals surface area contributed by atoms with Crippen LogP contribution in [0.25, 0.3) is 21.9 Å². The van der Waals surface area contributed by atoms with Crippen molar-refractivity contribution in [3.8, 4) is 11.1 Å². The summed E-state index contributed by atoms with van der Waals surface area (Å²) in [7, 11) is 0. The molecule has 7 nitrogen and oxygen atoms in total. The number of benzene rings is 3. The maximum Gasteiger partial charge on any atom is 0.221 e. The van der Waals surface area contributed by atoms with Gasteiger partial charge in [-0.15, -0.1) is 0 Å². The van der Waals surface area contributed by atoms with Gasteiger partial charge in [-0.2, -0.15) is 4.98 Å². The van der Waals surface area contributed by atoms with Crippen molar-refractivity contribution in [2.75, 3.05) is 28.2 Å². The van der Waals surface area contributed by atoms with E-state index in [1.165, 1.54) is 18.2 Å². The fraction of sp³-hybridized carbons (Fsp3) is 0.160. The molecular weight excluding hydrogens is 400 g/mol. The summed E-state index contributed by atoms with van der Waals surface area (Å²) in [6.07, 6.45) is 2.66. The maximum atomic E-state index is 11.6. The molecule has 5 N–H and O–H groups in total. The van der Waals surface area contributed by atoms with Crippen molar-refractivity contribution in [2.24, 2.45) is 0 Å². The molecular formula is C25H24N6O. The normalized spacial score (nSPS) is 12.7. The first-order valence-electron chi connectivity index (χ1n) is 10.5. The zero-order valence-electron chi connectivity index (χ0n) is 17.8. The van der Waals surface area contributed by atoms with Gasteiger partial charge >= 0.3 is 0 Å². The van der Waals surface area contributed by atoms with Gasteiger partial charge < -0.3 is 21.7 Å². The molecule has 0 atom stereocenters. The van der Waals surface area contributed by atoms with Gasteiger partial charge in [-0.1, -0.05) is 36.4 Å². The minimum Gasteiger partial charge on any atom is -0.383 e. The molecule has 0 saturated carbocycles. The Labute approximate surface area is 186 Å². The van der Waals surface area contributed by atoms with Crippen LogP contribution in [0.1, 0.15) is 18.1 Å². The molecule has 0 aliphatic carbocycles. The summed E-state index contributed by atoms with van der Waals surface area (Å²) in [6.45, 7) is 3.08.